The van der Waals surface area contributed by atoms with E-state index in [0.717, 1.165) is 52.9 Å². The first kappa shape index (κ1) is 16.9. The minimum absolute atomic E-state index is 0.188. The predicted octanol–water partition coefficient (Wildman–Crippen LogP) is 4.39. The molecule has 1 unspecified atom stereocenters. The van der Waals surface area contributed by atoms with Crippen LogP contribution in [0.15, 0.2) is 16.8 Å². The molecule has 2 aliphatic heterocycles. The van der Waals surface area contributed by atoms with Gasteiger partial charge in [0.1, 0.15) is 11.8 Å². The number of pyridine rings is 1. The third kappa shape index (κ3) is 2.78. The molecule has 0 aromatic carbocycles. The number of fused-ring (bicyclic) bond motifs is 4. The standard InChI is InChI=1S/C21H26N4O2/c1-4-14-7-5-6-8-25(14)19-18-17(22-12-23-19)15-9-13-11-26-21(2,3)10-16(13)24-20(15)27-18/h9,12,14H,4-8,10-11H2,1-3H3. The Bertz CT molecular complexity index is 1010. The normalized spacial score (nSPS) is 22.3. The molecule has 3 aromatic heterocycles. The first-order chi connectivity index (χ1) is 13.1. The lowest BCUT2D eigenvalue weighted by Crippen LogP contribution is -2.39. The van der Waals surface area contributed by atoms with Crippen LogP contribution in [0, 0.1) is 0 Å². The summed E-state index contributed by atoms with van der Waals surface area (Å²) < 4.78 is 12.2. The molecule has 1 fully saturated rings. The van der Waals surface area contributed by atoms with Crippen LogP contribution in [0.4, 0.5) is 5.82 Å². The smallest absolute Gasteiger partial charge is 0.229 e. The highest BCUT2D eigenvalue weighted by atomic mass is 16.5. The molecular weight excluding hydrogens is 340 g/mol. The second kappa shape index (κ2) is 6.16. The van der Waals surface area contributed by atoms with Gasteiger partial charge in [0.2, 0.25) is 5.71 Å². The van der Waals surface area contributed by atoms with Gasteiger partial charge in [0.15, 0.2) is 11.4 Å². The van der Waals surface area contributed by atoms with Crippen molar-refractivity contribution >= 4 is 28.0 Å². The zero-order valence-corrected chi connectivity index (χ0v) is 16.3. The number of hydrogen-bond donors (Lipinski definition) is 0. The van der Waals surface area contributed by atoms with Crippen molar-refractivity contribution in [3.8, 4) is 0 Å². The van der Waals surface area contributed by atoms with Crippen LogP contribution in [-0.2, 0) is 17.8 Å². The maximum absolute atomic E-state index is 6.25. The van der Waals surface area contributed by atoms with Gasteiger partial charge in [-0.1, -0.05) is 6.92 Å². The van der Waals surface area contributed by atoms with Crippen LogP contribution >= 0.6 is 0 Å². The van der Waals surface area contributed by atoms with E-state index in [-0.39, 0.29) is 5.60 Å². The number of anilines is 1. The van der Waals surface area contributed by atoms with Crippen molar-refractivity contribution in [2.75, 3.05) is 11.4 Å². The van der Waals surface area contributed by atoms with Gasteiger partial charge in [-0.05, 0) is 45.6 Å². The van der Waals surface area contributed by atoms with Crippen LogP contribution < -0.4 is 4.90 Å². The molecule has 1 saturated heterocycles. The summed E-state index contributed by atoms with van der Waals surface area (Å²) in [6.07, 6.45) is 7.26. The van der Waals surface area contributed by atoms with Crippen LogP contribution in [-0.4, -0.2) is 33.1 Å². The summed E-state index contributed by atoms with van der Waals surface area (Å²) in [7, 11) is 0. The fourth-order valence-electron chi connectivity index (χ4n) is 4.48. The molecule has 142 valence electrons. The second-order valence-electron chi connectivity index (χ2n) is 8.40. The van der Waals surface area contributed by atoms with Gasteiger partial charge in [-0.2, -0.15) is 0 Å². The first-order valence-corrected chi connectivity index (χ1v) is 10.0. The summed E-state index contributed by atoms with van der Waals surface area (Å²) >= 11 is 0. The van der Waals surface area contributed by atoms with Crippen molar-refractivity contribution in [1.82, 2.24) is 15.0 Å². The lowest BCUT2D eigenvalue weighted by molar-refractivity contribution is -0.0411. The average molecular weight is 366 g/mol. The lowest BCUT2D eigenvalue weighted by atomic mass is 9.95. The highest BCUT2D eigenvalue weighted by Crippen LogP contribution is 2.37. The van der Waals surface area contributed by atoms with Crippen LogP contribution in [0.2, 0.25) is 0 Å². The van der Waals surface area contributed by atoms with Gasteiger partial charge in [-0.3, -0.25) is 0 Å². The average Bonchev–Trinajstić information content (AvgIpc) is 3.03. The molecule has 0 aliphatic carbocycles. The zero-order valence-electron chi connectivity index (χ0n) is 16.3. The third-order valence-electron chi connectivity index (χ3n) is 5.98. The van der Waals surface area contributed by atoms with Crippen LogP contribution in [0.1, 0.15) is 57.7 Å². The van der Waals surface area contributed by atoms with Crippen molar-refractivity contribution in [1.29, 1.82) is 0 Å². The van der Waals surface area contributed by atoms with E-state index in [0.29, 0.717) is 18.4 Å². The van der Waals surface area contributed by atoms with Gasteiger partial charge in [0.25, 0.3) is 0 Å². The number of hydrogen-bond acceptors (Lipinski definition) is 6. The number of furan rings is 1. The summed E-state index contributed by atoms with van der Waals surface area (Å²) in [5.74, 6) is 0.916. The quantitative estimate of drug-likeness (QED) is 0.670. The number of nitrogens with zero attached hydrogens (tertiary/aromatic N) is 4. The van der Waals surface area contributed by atoms with Crippen molar-refractivity contribution in [2.45, 2.75) is 71.1 Å². The maximum atomic E-state index is 6.25. The van der Waals surface area contributed by atoms with Crippen LogP contribution in [0.25, 0.3) is 22.2 Å². The van der Waals surface area contributed by atoms with Gasteiger partial charge >= 0.3 is 0 Å². The lowest BCUT2D eigenvalue weighted by Gasteiger charge is -2.35. The molecule has 5 rings (SSSR count). The number of rotatable bonds is 2. The second-order valence-corrected chi connectivity index (χ2v) is 8.40. The SMILES string of the molecule is CCC1CCCCN1c1ncnc2c1oc1nc3c(cc12)COC(C)(C)C3. The van der Waals surface area contributed by atoms with E-state index in [4.69, 9.17) is 14.1 Å². The highest BCUT2D eigenvalue weighted by molar-refractivity contribution is 6.04. The Hall–Kier alpha value is -2.21. The molecule has 0 spiro atoms. The molecule has 6 nitrogen and oxygen atoms in total. The molecule has 0 N–H and O–H groups in total. The van der Waals surface area contributed by atoms with E-state index in [1.165, 1.54) is 19.3 Å². The van der Waals surface area contributed by atoms with Gasteiger partial charge in [-0.25, -0.2) is 15.0 Å². The Balaban J connectivity index is 1.67. The van der Waals surface area contributed by atoms with Crippen LogP contribution in [0.5, 0.6) is 0 Å². The molecular formula is C21H26N4O2. The monoisotopic (exact) mass is 366 g/mol. The Morgan fingerprint density at radius 3 is 3.00 bits per heavy atom. The molecule has 0 amide bonds. The molecule has 0 radical (unpaired) electrons. The largest absolute Gasteiger partial charge is 0.432 e. The first-order valence-electron chi connectivity index (χ1n) is 10.0. The van der Waals surface area contributed by atoms with Crippen molar-refractivity contribution in [3.63, 3.8) is 0 Å². The number of aromatic nitrogens is 3. The van der Waals surface area contributed by atoms with E-state index in [1.807, 2.05) is 0 Å². The highest BCUT2D eigenvalue weighted by Gasteiger charge is 2.30. The molecule has 1 atom stereocenters. The van der Waals surface area contributed by atoms with Gasteiger partial charge in [-0.15, -0.1) is 0 Å². The minimum atomic E-state index is -0.188. The Labute approximate surface area is 158 Å². The van der Waals surface area contributed by atoms with E-state index in [1.54, 1.807) is 6.33 Å². The van der Waals surface area contributed by atoms with Gasteiger partial charge in [0.05, 0.1) is 23.3 Å². The van der Waals surface area contributed by atoms with Gasteiger partial charge in [0, 0.05) is 24.6 Å². The molecule has 6 heteroatoms. The molecule has 3 aromatic rings. The minimum Gasteiger partial charge on any atom is -0.432 e. The summed E-state index contributed by atoms with van der Waals surface area (Å²) in [6.45, 7) is 8.06. The van der Waals surface area contributed by atoms with Crippen molar-refractivity contribution in [3.05, 3.63) is 23.7 Å². The van der Waals surface area contributed by atoms with Crippen molar-refractivity contribution in [2.24, 2.45) is 0 Å². The summed E-state index contributed by atoms with van der Waals surface area (Å²) in [4.78, 5) is 16.4. The topological polar surface area (TPSA) is 64.3 Å². The fourth-order valence-corrected chi connectivity index (χ4v) is 4.48. The van der Waals surface area contributed by atoms with E-state index in [2.05, 4.69) is 41.7 Å². The fraction of sp³-hybridized carbons (Fsp3) is 0.571. The summed E-state index contributed by atoms with van der Waals surface area (Å²) in [5.41, 5.74) is 4.30. The van der Waals surface area contributed by atoms with E-state index >= 15 is 0 Å². The molecule has 0 saturated carbocycles. The Morgan fingerprint density at radius 2 is 2.15 bits per heavy atom. The summed E-state index contributed by atoms with van der Waals surface area (Å²) in [6, 6.07) is 2.66. The van der Waals surface area contributed by atoms with E-state index < -0.39 is 0 Å². The Kier molecular flexibility index (Phi) is 3.86. The van der Waals surface area contributed by atoms with Gasteiger partial charge < -0.3 is 14.1 Å². The third-order valence-corrected chi connectivity index (χ3v) is 5.98. The van der Waals surface area contributed by atoms with Crippen LogP contribution in [0.3, 0.4) is 0 Å². The van der Waals surface area contributed by atoms with E-state index in [9.17, 15) is 0 Å². The Morgan fingerprint density at radius 1 is 1.26 bits per heavy atom. The van der Waals surface area contributed by atoms with Crippen molar-refractivity contribution < 1.29 is 9.15 Å². The molecule has 5 heterocycles. The molecule has 27 heavy (non-hydrogen) atoms. The molecule has 0 bridgehead atoms. The summed E-state index contributed by atoms with van der Waals surface area (Å²) in [5, 5.41) is 0.959. The number of ether oxygens (including phenoxy) is 1. The molecule has 2 aliphatic rings. The maximum Gasteiger partial charge on any atom is 0.229 e. The zero-order chi connectivity index (χ0) is 18.6. The number of piperidine rings is 1. The predicted molar refractivity (Wildman–Crippen MR) is 105 cm³/mol.